The van der Waals surface area contributed by atoms with Crippen molar-refractivity contribution >= 4 is 28.5 Å². The first-order chi connectivity index (χ1) is 15.7. The van der Waals surface area contributed by atoms with Gasteiger partial charge < -0.3 is 5.32 Å². The van der Waals surface area contributed by atoms with E-state index in [0.717, 1.165) is 23.5 Å². The summed E-state index contributed by atoms with van der Waals surface area (Å²) in [6.07, 6.45) is 3.34. The van der Waals surface area contributed by atoms with Crippen LogP contribution in [0, 0.1) is 0 Å². The monoisotopic (exact) mass is 438 g/mol. The van der Waals surface area contributed by atoms with Gasteiger partial charge in [0.2, 0.25) is 5.78 Å². The highest BCUT2D eigenvalue weighted by Crippen LogP contribution is 2.26. The molecule has 5 nitrogen and oxygen atoms in total. The number of hydrogen-bond donors (Lipinski definition) is 1. The van der Waals surface area contributed by atoms with Gasteiger partial charge in [-0.2, -0.15) is 5.10 Å². The van der Waals surface area contributed by atoms with Gasteiger partial charge in [0.05, 0.1) is 22.3 Å². The van der Waals surface area contributed by atoms with Gasteiger partial charge >= 0.3 is 0 Å². The average molecular weight is 439 g/mol. The molecule has 32 heavy (non-hydrogen) atoms. The summed E-state index contributed by atoms with van der Waals surface area (Å²) in [4.78, 5) is 18.0. The standard InChI is InChI=1S/C26H22N4OS/c1-18(19-7-3-2-4-8-19)16-28-21-10-5-9-20(15-21)23-12-13-27-26-22(17-29-30(23)26)25(31)24-11-6-14-32-24/h2-15,17-18,28H,16H2,1H3. The van der Waals surface area contributed by atoms with Crippen LogP contribution in [-0.4, -0.2) is 26.9 Å². The molecule has 0 aliphatic carbocycles. The molecule has 1 atom stereocenters. The van der Waals surface area contributed by atoms with Crippen molar-refractivity contribution in [3.05, 3.63) is 107 Å². The summed E-state index contributed by atoms with van der Waals surface area (Å²) in [5.41, 5.74) is 5.33. The fourth-order valence-corrected chi connectivity index (χ4v) is 4.45. The minimum absolute atomic E-state index is 0.0510. The van der Waals surface area contributed by atoms with E-state index in [9.17, 15) is 4.79 Å². The molecular formula is C26H22N4OS. The third kappa shape index (κ3) is 3.92. The summed E-state index contributed by atoms with van der Waals surface area (Å²) in [5.74, 6) is 0.342. The lowest BCUT2D eigenvalue weighted by Gasteiger charge is -2.15. The Morgan fingerprint density at radius 1 is 1.06 bits per heavy atom. The van der Waals surface area contributed by atoms with Crippen LogP contribution in [-0.2, 0) is 0 Å². The van der Waals surface area contributed by atoms with Gasteiger partial charge in [-0.15, -0.1) is 11.3 Å². The number of rotatable bonds is 7. The van der Waals surface area contributed by atoms with Crippen molar-refractivity contribution in [3.63, 3.8) is 0 Å². The fourth-order valence-electron chi connectivity index (χ4n) is 3.77. The van der Waals surface area contributed by atoms with Gasteiger partial charge in [-0.25, -0.2) is 9.50 Å². The summed E-state index contributed by atoms with van der Waals surface area (Å²) in [6.45, 7) is 3.05. The molecule has 0 saturated carbocycles. The molecule has 0 spiro atoms. The Morgan fingerprint density at radius 2 is 1.94 bits per heavy atom. The lowest BCUT2D eigenvalue weighted by molar-refractivity contribution is 0.104. The fraction of sp³-hybridized carbons (Fsp3) is 0.115. The second-order valence-corrected chi connectivity index (χ2v) is 8.65. The van der Waals surface area contributed by atoms with E-state index >= 15 is 0 Å². The molecular weight excluding hydrogens is 416 g/mol. The maximum Gasteiger partial charge on any atom is 0.208 e. The van der Waals surface area contributed by atoms with Crippen LogP contribution in [0.15, 0.2) is 90.6 Å². The van der Waals surface area contributed by atoms with Crippen molar-refractivity contribution in [2.24, 2.45) is 0 Å². The molecule has 0 radical (unpaired) electrons. The maximum atomic E-state index is 12.9. The van der Waals surface area contributed by atoms with Crippen molar-refractivity contribution in [2.75, 3.05) is 11.9 Å². The SMILES string of the molecule is CC(CNc1cccc(-c2ccnc3c(C(=O)c4cccs4)cnn23)c1)c1ccccc1. The van der Waals surface area contributed by atoms with Crippen molar-refractivity contribution in [1.82, 2.24) is 14.6 Å². The largest absolute Gasteiger partial charge is 0.384 e. The zero-order valence-electron chi connectivity index (χ0n) is 17.6. The van der Waals surface area contributed by atoms with Crippen LogP contribution < -0.4 is 5.32 Å². The van der Waals surface area contributed by atoms with E-state index in [0.29, 0.717) is 22.0 Å². The molecule has 6 heteroatoms. The molecule has 0 aliphatic rings. The first kappa shape index (κ1) is 20.2. The third-order valence-electron chi connectivity index (χ3n) is 5.53. The van der Waals surface area contributed by atoms with Crippen molar-refractivity contribution in [2.45, 2.75) is 12.8 Å². The van der Waals surface area contributed by atoms with E-state index in [1.54, 1.807) is 16.9 Å². The minimum Gasteiger partial charge on any atom is -0.384 e. The van der Waals surface area contributed by atoms with Gasteiger partial charge in [0.15, 0.2) is 5.65 Å². The Hall–Kier alpha value is -3.77. The van der Waals surface area contributed by atoms with E-state index in [1.165, 1.54) is 16.9 Å². The molecule has 158 valence electrons. The average Bonchev–Trinajstić information content (AvgIpc) is 3.53. The Balaban J connectivity index is 1.42. The first-order valence-electron chi connectivity index (χ1n) is 10.5. The molecule has 0 bridgehead atoms. The number of nitrogens with one attached hydrogen (secondary N) is 1. The molecule has 3 heterocycles. The maximum absolute atomic E-state index is 12.9. The number of anilines is 1. The first-order valence-corrected chi connectivity index (χ1v) is 11.4. The molecule has 0 fully saturated rings. The summed E-state index contributed by atoms with van der Waals surface area (Å²) < 4.78 is 1.74. The van der Waals surface area contributed by atoms with Crippen LogP contribution in [0.25, 0.3) is 16.9 Å². The van der Waals surface area contributed by atoms with E-state index in [-0.39, 0.29) is 5.78 Å². The number of aromatic nitrogens is 3. The minimum atomic E-state index is -0.0510. The summed E-state index contributed by atoms with van der Waals surface area (Å²) >= 11 is 1.42. The molecule has 0 aliphatic heterocycles. The van der Waals surface area contributed by atoms with E-state index < -0.39 is 0 Å². The van der Waals surface area contributed by atoms with Gasteiger partial charge in [-0.1, -0.05) is 55.5 Å². The van der Waals surface area contributed by atoms with Gasteiger partial charge in [0.25, 0.3) is 0 Å². The smallest absolute Gasteiger partial charge is 0.208 e. The third-order valence-corrected chi connectivity index (χ3v) is 6.40. The number of carbonyl (C=O) groups excluding carboxylic acids is 1. The number of thiophene rings is 1. The number of carbonyl (C=O) groups is 1. The Bertz CT molecular complexity index is 1360. The van der Waals surface area contributed by atoms with Gasteiger partial charge in [-0.05, 0) is 41.1 Å². The normalized spacial score (nSPS) is 12.0. The van der Waals surface area contributed by atoms with Crippen LogP contribution in [0.2, 0.25) is 0 Å². The molecule has 3 aromatic heterocycles. The molecule has 5 rings (SSSR count). The number of ketones is 1. The topological polar surface area (TPSA) is 59.3 Å². The number of hydrogen-bond acceptors (Lipinski definition) is 5. The van der Waals surface area contributed by atoms with Crippen molar-refractivity contribution in [1.29, 1.82) is 0 Å². The lowest BCUT2D eigenvalue weighted by Crippen LogP contribution is -2.09. The second-order valence-electron chi connectivity index (χ2n) is 7.70. The number of fused-ring (bicyclic) bond motifs is 1. The van der Waals surface area contributed by atoms with Crippen LogP contribution in [0.3, 0.4) is 0 Å². The zero-order chi connectivity index (χ0) is 21.9. The van der Waals surface area contributed by atoms with Crippen molar-refractivity contribution < 1.29 is 4.79 Å². The molecule has 2 aromatic carbocycles. The zero-order valence-corrected chi connectivity index (χ0v) is 18.4. The van der Waals surface area contributed by atoms with Crippen LogP contribution >= 0.6 is 11.3 Å². The number of nitrogens with zero attached hydrogens (tertiary/aromatic N) is 3. The van der Waals surface area contributed by atoms with E-state index in [4.69, 9.17) is 0 Å². The predicted molar refractivity (Wildman–Crippen MR) is 130 cm³/mol. The predicted octanol–water partition coefficient (Wildman–Crippen LogP) is 5.90. The summed E-state index contributed by atoms with van der Waals surface area (Å²) in [7, 11) is 0. The number of benzene rings is 2. The second kappa shape index (κ2) is 8.77. The Morgan fingerprint density at radius 3 is 2.75 bits per heavy atom. The van der Waals surface area contributed by atoms with Gasteiger partial charge in [-0.3, -0.25) is 4.79 Å². The Labute approximate surface area is 190 Å². The Kier molecular flexibility index (Phi) is 5.52. The summed E-state index contributed by atoms with van der Waals surface area (Å²) in [6, 6.07) is 24.4. The molecule has 0 amide bonds. The van der Waals surface area contributed by atoms with Crippen molar-refractivity contribution in [3.8, 4) is 11.3 Å². The van der Waals surface area contributed by atoms with Crippen LogP contribution in [0.4, 0.5) is 5.69 Å². The quantitative estimate of drug-likeness (QED) is 0.321. The highest BCUT2D eigenvalue weighted by molar-refractivity contribution is 7.12. The lowest BCUT2D eigenvalue weighted by atomic mass is 10.0. The van der Waals surface area contributed by atoms with Gasteiger partial charge in [0.1, 0.15) is 0 Å². The van der Waals surface area contributed by atoms with Crippen LogP contribution in [0.5, 0.6) is 0 Å². The molecule has 5 aromatic rings. The molecule has 0 saturated heterocycles. The van der Waals surface area contributed by atoms with E-state index in [1.807, 2.05) is 41.8 Å². The molecule has 1 N–H and O–H groups in total. The highest BCUT2D eigenvalue weighted by Gasteiger charge is 2.18. The van der Waals surface area contributed by atoms with Crippen LogP contribution in [0.1, 0.15) is 33.6 Å². The summed E-state index contributed by atoms with van der Waals surface area (Å²) in [5, 5.41) is 9.93. The molecule has 1 unspecified atom stereocenters. The van der Waals surface area contributed by atoms with Gasteiger partial charge in [0, 0.05) is 24.0 Å². The van der Waals surface area contributed by atoms with E-state index in [2.05, 4.69) is 58.7 Å². The highest BCUT2D eigenvalue weighted by atomic mass is 32.1.